The van der Waals surface area contributed by atoms with Crippen molar-refractivity contribution in [1.82, 2.24) is 16.0 Å². The summed E-state index contributed by atoms with van der Waals surface area (Å²) in [5.41, 5.74) is -0.0171. The quantitative estimate of drug-likeness (QED) is 0.0750. The molecule has 1 aromatic carbocycles. The second-order valence-electron chi connectivity index (χ2n) is 8.91. The molecule has 0 bridgehead atoms. The van der Waals surface area contributed by atoms with Crippen molar-refractivity contribution < 1.29 is 33.3 Å². The van der Waals surface area contributed by atoms with Crippen LogP contribution in [0.25, 0.3) is 0 Å². The van der Waals surface area contributed by atoms with E-state index in [1.54, 1.807) is 24.3 Å². The maximum absolute atomic E-state index is 12.2. The molecule has 3 N–H and O–H groups in total. The number of nitrogens with one attached hydrogen (secondary N) is 3. The van der Waals surface area contributed by atoms with Gasteiger partial charge in [0, 0.05) is 44.1 Å². The fourth-order valence-corrected chi connectivity index (χ4v) is 3.50. The number of carbonyl (C=O) groups excluding carboxylic acids is 2. The van der Waals surface area contributed by atoms with Crippen molar-refractivity contribution in [3.63, 3.8) is 0 Å². The monoisotopic (exact) mass is 592 g/mol. The molecule has 1 unspecified atom stereocenters. The zero-order valence-electron chi connectivity index (χ0n) is 24.4. The lowest BCUT2D eigenvalue weighted by Crippen LogP contribution is -2.30. The summed E-state index contributed by atoms with van der Waals surface area (Å²) >= 11 is 0.956. The molecule has 0 aliphatic heterocycles. The average Bonchev–Trinajstić information content (AvgIpc) is 2.96. The highest BCUT2D eigenvalue weighted by atomic mass is 32.2. The Hall–Kier alpha value is -2.84. The molecule has 0 fully saturated rings. The SMILES string of the molecule is CNCCNC(=O)c1cccc(OCC(OCCOCCOCCCC(=O)NCCOCC#CC(C)C)SC#N)c1. The van der Waals surface area contributed by atoms with Crippen LogP contribution in [0.2, 0.25) is 0 Å². The third-order valence-electron chi connectivity index (χ3n) is 5.06. The summed E-state index contributed by atoms with van der Waals surface area (Å²) in [4.78, 5) is 24.0. The average molecular weight is 593 g/mol. The maximum atomic E-state index is 12.2. The molecular weight excluding hydrogens is 548 g/mol. The predicted octanol–water partition coefficient (Wildman–Crippen LogP) is 2.18. The van der Waals surface area contributed by atoms with Crippen molar-refractivity contribution in [1.29, 1.82) is 5.26 Å². The first-order valence-corrected chi connectivity index (χ1v) is 14.6. The van der Waals surface area contributed by atoms with Gasteiger partial charge in [-0.1, -0.05) is 31.8 Å². The number of thiocyanates is 1. The van der Waals surface area contributed by atoms with Crippen LogP contribution in [-0.2, 0) is 23.7 Å². The van der Waals surface area contributed by atoms with E-state index >= 15 is 0 Å². The molecule has 12 heteroatoms. The number of rotatable bonds is 23. The number of amides is 2. The van der Waals surface area contributed by atoms with Crippen molar-refractivity contribution in [2.24, 2.45) is 5.92 Å². The Bertz CT molecular complexity index is 962. The van der Waals surface area contributed by atoms with Gasteiger partial charge in [-0.3, -0.25) is 9.59 Å². The number of carbonyl (C=O) groups is 2. The molecule has 0 aliphatic rings. The molecule has 41 heavy (non-hydrogen) atoms. The Kier molecular flexibility index (Phi) is 22.0. The van der Waals surface area contributed by atoms with Crippen LogP contribution in [-0.4, -0.2) is 96.8 Å². The van der Waals surface area contributed by atoms with Crippen LogP contribution < -0.4 is 20.7 Å². The second kappa shape index (κ2) is 24.9. The Labute approximate surface area is 248 Å². The van der Waals surface area contributed by atoms with Gasteiger partial charge >= 0.3 is 0 Å². The summed E-state index contributed by atoms with van der Waals surface area (Å²) in [5, 5.41) is 19.7. The molecule has 2 amide bonds. The molecule has 1 aromatic rings. The van der Waals surface area contributed by atoms with Gasteiger partial charge in [0.15, 0.2) is 5.44 Å². The van der Waals surface area contributed by atoms with Gasteiger partial charge in [0.25, 0.3) is 5.91 Å². The van der Waals surface area contributed by atoms with Gasteiger partial charge < -0.3 is 39.6 Å². The largest absolute Gasteiger partial charge is 0.490 e. The van der Waals surface area contributed by atoms with Crippen molar-refractivity contribution in [2.75, 3.05) is 79.5 Å². The smallest absolute Gasteiger partial charge is 0.251 e. The Balaban J connectivity index is 2.08. The topological polar surface area (TPSA) is 140 Å². The van der Waals surface area contributed by atoms with Gasteiger partial charge in [-0.2, -0.15) is 5.26 Å². The molecule has 0 aromatic heterocycles. The molecule has 1 atom stereocenters. The highest BCUT2D eigenvalue weighted by Crippen LogP contribution is 2.17. The van der Waals surface area contributed by atoms with E-state index < -0.39 is 5.44 Å². The van der Waals surface area contributed by atoms with Crippen LogP contribution in [0.15, 0.2) is 24.3 Å². The fraction of sp³-hybridized carbons (Fsp3) is 0.621. The maximum Gasteiger partial charge on any atom is 0.251 e. The minimum absolute atomic E-state index is 0.0361. The minimum atomic E-state index is -0.510. The van der Waals surface area contributed by atoms with E-state index in [9.17, 15) is 9.59 Å². The molecule has 0 heterocycles. The van der Waals surface area contributed by atoms with Gasteiger partial charge in [0.2, 0.25) is 5.91 Å². The lowest BCUT2D eigenvalue weighted by atomic mass is 10.2. The van der Waals surface area contributed by atoms with E-state index in [1.165, 1.54) is 0 Å². The highest BCUT2D eigenvalue weighted by molar-refractivity contribution is 8.04. The Morgan fingerprint density at radius 3 is 2.51 bits per heavy atom. The number of benzene rings is 1. The summed E-state index contributed by atoms with van der Waals surface area (Å²) in [7, 11) is 1.82. The lowest BCUT2D eigenvalue weighted by Gasteiger charge is -2.16. The highest BCUT2D eigenvalue weighted by Gasteiger charge is 2.12. The molecule has 0 spiro atoms. The molecule has 0 radical (unpaired) electrons. The van der Waals surface area contributed by atoms with Crippen molar-refractivity contribution >= 4 is 23.6 Å². The van der Waals surface area contributed by atoms with E-state index in [0.29, 0.717) is 89.3 Å². The normalized spacial score (nSPS) is 11.3. The number of nitriles is 1. The number of hydrogen-bond donors (Lipinski definition) is 3. The van der Waals surface area contributed by atoms with Crippen molar-refractivity contribution in [2.45, 2.75) is 32.1 Å². The van der Waals surface area contributed by atoms with Gasteiger partial charge in [-0.15, -0.1) is 0 Å². The fourth-order valence-electron chi connectivity index (χ4n) is 3.08. The standard InChI is InChI=1S/C29H44N4O7S/c1-24(2)7-5-14-36-16-13-32-27(34)10-6-15-37-17-18-38-19-20-39-28(41-23-30)22-40-26-9-4-8-25(21-26)29(35)33-12-11-31-3/h4,8-9,21,24,28,31H,6,10-20,22H2,1-3H3,(H,32,34)(H,33,35). The number of nitrogens with zero attached hydrogens (tertiary/aromatic N) is 1. The molecule has 228 valence electrons. The lowest BCUT2D eigenvalue weighted by molar-refractivity contribution is -0.121. The first-order valence-electron chi connectivity index (χ1n) is 13.8. The zero-order chi connectivity index (χ0) is 30.0. The number of hydrogen-bond acceptors (Lipinski definition) is 10. The van der Waals surface area contributed by atoms with E-state index in [-0.39, 0.29) is 25.0 Å². The minimum Gasteiger partial charge on any atom is -0.490 e. The zero-order valence-corrected chi connectivity index (χ0v) is 25.2. The van der Waals surface area contributed by atoms with E-state index in [2.05, 4.69) is 27.8 Å². The van der Waals surface area contributed by atoms with Gasteiger partial charge in [-0.25, -0.2) is 0 Å². The molecule has 0 saturated heterocycles. The summed E-state index contributed by atoms with van der Waals surface area (Å²) in [6, 6.07) is 6.85. The molecular formula is C29H44N4O7S. The van der Waals surface area contributed by atoms with Crippen LogP contribution in [0.5, 0.6) is 5.75 Å². The van der Waals surface area contributed by atoms with Crippen molar-refractivity contribution in [3.8, 4) is 23.0 Å². The number of ether oxygens (including phenoxy) is 5. The molecule has 0 saturated carbocycles. The number of likely N-dealkylation sites (N-methyl/N-ethyl adjacent to an activating group) is 1. The van der Waals surface area contributed by atoms with Crippen molar-refractivity contribution in [3.05, 3.63) is 29.8 Å². The van der Waals surface area contributed by atoms with Crippen LogP contribution in [0.4, 0.5) is 0 Å². The number of thioether (sulfide) groups is 1. The summed E-state index contributed by atoms with van der Waals surface area (Å²) in [5.74, 6) is 6.56. The summed E-state index contributed by atoms with van der Waals surface area (Å²) in [6.07, 6.45) is 1.00. The first-order chi connectivity index (χ1) is 20.0. The van der Waals surface area contributed by atoms with Gasteiger partial charge in [0.05, 0.1) is 33.0 Å². The van der Waals surface area contributed by atoms with E-state index in [4.69, 9.17) is 28.9 Å². The molecule has 0 aliphatic carbocycles. The molecule has 1 rings (SSSR count). The van der Waals surface area contributed by atoms with Gasteiger partial charge in [0.1, 0.15) is 24.4 Å². The summed E-state index contributed by atoms with van der Waals surface area (Å²) in [6.45, 7) is 8.53. The van der Waals surface area contributed by atoms with E-state index in [0.717, 1.165) is 11.8 Å². The first kappa shape index (κ1) is 36.2. The Morgan fingerprint density at radius 1 is 0.976 bits per heavy atom. The van der Waals surface area contributed by atoms with Crippen LogP contribution in [0.1, 0.15) is 37.0 Å². The van der Waals surface area contributed by atoms with E-state index in [1.807, 2.05) is 26.3 Å². The second-order valence-corrected chi connectivity index (χ2v) is 9.86. The van der Waals surface area contributed by atoms with Crippen LogP contribution in [0, 0.1) is 28.4 Å². The Morgan fingerprint density at radius 2 is 1.76 bits per heavy atom. The third-order valence-corrected chi connectivity index (χ3v) is 5.70. The predicted molar refractivity (Wildman–Crippen MR) is 158 cm³/mol. The summed E-state index contributed by atoms with van der Waals surface area (Å²) < 4.78 is 27.8. The van der Waals surface area contributed by atoms with Crippen LogP contribution in [0.3, 0.4) is 0 Å². The molecule has 11 nitrogen and oxygen atoms in total. The van der Waals surface area contributed by atoms with Crippen LogP contribution >= 0.6 is 11.8 Å². The third kappa shape index (κ3) is 20.7. The van der Waals surface area contributed by atoms with Gasteiger partial charge in [-0.05, 0) is 43.4 Å².